The van der Waals surface area contributed by atoms with Crippen molar-refractivity contribution < 1.29 is 24.2 Å². The lowest BCUT2D eigenvalue weighted by molar-refractivity contribution is -0.142. The first-order valence-electron chi connectivity index (χ1n) is 9.89. The van der Waals surface area contributed by atoms with Gasteiger partial charge < -0.3 is 14.6 Å². The molecule has 0 spiro atoms. The quantitative estimate of drug-likeness (QED) is 0.331. The van der Waals surface area contributed by atoms with Crippen LogP contribution in [0.5, 0.6) is 5.75 Å². The number of carbonyl (C=O) groups excluding carboxylic acids is 1. The van der Waals surface area contributed by atoms with Crippen molar-refractivity contribution in [2.45, 2.75) is 52.9 Å². The van der Waals surface area contributed by atoms with Gasteiger partial charge in [-0.3, -0.25) is 4.79 Å². The number of para-hydroxylation sites is 1. The maximum Gasteiger partial charge on any atom is 0.513 e. The third-order valence-corrected chi connectivity index (χ3v) is 5.23. The third-order valence-electron chi connectivity index (χ3n) is 5.23. The number of allylic oxidation sites excluding steroid dienone is 3. The summed E-state index contributed by atoms with van der Waals surface area (Å²) in [6.45, 7) is 6.35. The summed E-state index contributed by atoms with van der Waals surface area (Å²) in [4.78, 5) is 23.5. The van der Waals surface area contributed by atoms with E-state index in [1.807, 2.05) is 32.1 Å². The second-order valence-corrected chi connectivity index (χ2v) is 7.62. The predicted molar refractivity (Wildman–Crippen MR) is 108 cm³/mol. The largest absolute Gasteiger partial charge is 0.513 e. The average molecular weight is 386 g/mol. The predicted octanol–water partition coefficient (Wildman–Crippen LogP) is 5.77. The Bertz CT molecular complexity index is 731. The topological polar surface area (TPSA) is 72.8 Å². The van der Waals surface area contributed by atoms with E-state index in [1.54, 1.807) is 24.3 Å². The van der Waals surface area contributed by atoms with Gasteiger partial charge in [0.2, 0.25) is 0 Å². The van der Waals surface area contributed by atoms with Crippen molar-refractivity contribution in [2.24, 2.45) is 11.3 Å². The molecule has 1 unspecified atom stereocenters. The monoisotopic (exact) mass is 386 g/mol. The minimum atomic E-state index is -0.809. The van der Waals surface area contributed by atoms with Crippen molar-refractivity contribution in [1.29, 1.82) is 0 Å². The molecule has 1 aliphatic rings. The zero-order chi connectivity index (χ0) is 20.6. The van der Waals surface area contributed by atoms with Crippen molar-refractivity contribution in [3.63, 3.8) is 0 Å². The lowest BCUT2D eigenvalue weighted by Crippen LogP contribution is -2.34. The van der Waals surface area contributed by atoms with Gasteiger partial charge in [-0.15, -0.1) is 0 Å². The van der Waals surface area contributed by atoms with Crippen LogP contribution in [-0.2, 0) is 9.53 Å². The summed E-state index contributed by atoms with van der Waals surface area (Å²) in [6, 6.07) is 8.78. The van der Waals surface area contributed by atoms with Crippen LogP contribution in [0.15, 0.2) is 53.6 Å². The SMILES string of the molecule is CCCCC1=C(CCCOC(=O)Oc2ccccc2)C(C)(C)C(C(=O)O)C=C1. The van der Waals surface area contributed by atoms with E-state index >= 15 is 0 Å². The van der Waals surface area contributed by atoms with Crippen molar-refractivity contribution in [2.75, 3.05) is 6.61 Å². The molecule has 0 saturated heterocycles. The minimum Gasteiger partial charge on any atom is -0.481 e. The van der Waals surface area contributed by atoms with Gasteiger partial charge >= 0.3 is 12.1 Å². The van der Waals surface area contributed by atoms with Crippen LogP contribution in [0.4, 0.5) is 4.79 Å². The standard InChI is InChI=1S/C23H30O5/c1-4-5-10-17-14-15-20(21(24)25)23(2,3)19(17)13-9-16-27-22(26)28-18-11-7-6-8-12-18/h6-8,11-12,14-15,20H,4-5,9-10,13,16H2,1-3H3,(H,24,25). The summed E-state index contributed by atoms with van der Waals surface area (Å²) < 4.78 is 10.3. The van der Waals surface area contributed by atoms with Gasteiger partial charge in [0, 0.05) is 5.41 Å². The third kappa shape index (κ3) is 5.72. The second-order valence-electron chi connectivity index (χ2n) is 7.62. The van der Waals surface area contributed by atoms with Crippen LogP contribution in [-0.4, -0.2) is 23.8 Å². The summed E-state index contributed by atoms with van der Waals surface area (Å²) in [5.74, 6) is -0.910. The lowest BCUT2D eigenvalue weighted by Gasteiger charge is -2.37. The molecule has 0 aromatic heterocycles. The van der Waals surface area contributed by atoms with E-state index in [-0.39, 0.29) is 6.61 Å². The highest BCUT2D eigenvalue weighted by Crippen LogP contribution is 2.44. The summed E-state index contributed by atoms with van der Waals surface area (Å²) in [5, 5.41) is 9.58. The number of ether oxygens (including phenoxy) is 2. The molecule has 0 aliphatic heterocycles. The summed E-state index contributed by atoms with van der Waals surface area (Å²) in [6.07, 6.45) is 7.47. The smallest absolute Gasteiger partial charge is 0.481 e. The molecule has 2 rings (SSSR count). The first-order chi connectivity index (χ1) is 13.4. The molecule has 0 bridgehead atoms. The maximum absolute atomic E-state index is 11.8. The molecule has 1 atom stereocenters. The van der Waals surface area contributed by atoms with Crippen molar-refractivity contribution in [1.82, 2.24) is 0 Å². The molecule has 0 radical (unpaired) electrons. The van der Waals surface area contributed by atoms with Crippen LogP contribution in [0, 0.1) is 11.3 Å². The summed E-state index contributed by atoms with van der Waals surface area (Å²) in [7, 11) is 0. The molecule has 5 heteroatoms. The van der Waals surface area contributed by atoms with E-state index in [0.717, 1.165) is 24.8 Å². The molecule has 5 nitrogen and oxygen atoms in total. The Kier molecular flexibility index (Phi) is 7.85. The Morgan fingerprint density at radius 2 is 1.82 bits per heavy atom. The second kappa shape index (κ2) is 10.1. The van der Waals surface area contributed by atoms with Crippen LogP contribution in [0.2, 0.25) is 0 Å². The highest BCUT2D eigenvalue weighted by atomic mass is 16.7. The normalized spacial score (nSPS) is 18.0. The first kappa shape index (κ1) is 21.7. The zero-order valence-corrected chi connectivity index (χ0v) is 16.9. The Hall–Kier alpha value is -2.56. The Labute approximate surface area is 167 Å². The van der Waals surface area contributed by atoms with Crippen molar-refractivity contribution >= 4 is 12.1 Å². The molecule has 1 N–H and O–H groups in total. The molecule has 0 heterocycles. The first-order valence-corrected chi connectivity index (χ1v) is 9.89. The molecular formula is C23H30O5. The maximum atomic E-state index is 11.8. The summed E-state index contributed by atoms with van der Waals surface area (Å²) >= 11 is 0. The molecule has 0 fully saturated rings. The number of unbranched alkanes of at least 4 members (excludes halogenated alkanes) is 1. The number of benzene rings is 1. The van der Waals surface area contributed by atoms with E-state index in [9.17, 15) is 14.7 Å². The lowest BCUT2D eigenvalue weighted by atomic mass is 9.66. The molecule has 152 valence electrons. The Morgan fingerprint density at radius 1 is 1.11 bits per heavy atom. The number of rotatable bonds is 9. The van der Waals surface area contributed by atoms with E-state index in [1.165, 1.54) is 5.57 Å². The number of aliphatic carboxylic acids is 1. The van der Waals surface area contributed by atoms with E-state index in [2.05, 4.69) is 6.92 Å². The van der Waals surface area contributed by atoms with Crippen LogP contribution >= 0.6 is 0 Å². The van der Waals surface area contributed by atoms with Crippen LogP contribution in [0.1, 0.15) is 52.9 Å². The van der Waals surface area contributed by atoms with Crippen LogP contribution < -0.4 is 4.74 Å². The molecule has 1 aromatic carbocycles. The van der Waals surface area contributed by atoms with Crippen molar-refractivity contribution in [3.8, 4) is 5.75 Å². The van der Waals surface area contributed by atoms with E-state index < -0.39 is 23.5 Å². The van der Waals surface area contributed by atoms with Gasteiger partial charge in [-0.2, -0.15) is 0 Å². The molecule has 0 amide bonds. The average Bonchev–Trinajstić information content (AvgIpc) is 2.64. The fraction of sp³-hybridized carbons (Fsp3) is 0.478. The molecule has 1 aromatic rings. The van der Waals surface area contributed by atoms with Crippen LogP contribution in [0.25, 0.3) is 0 Å². The van der Waals surface area contributed by atoms with E-state index in [4.69, 9.17) is 9.47 Å². The fourth-order valence-corrected chi connectivity index (χ4v) is 3.65. The number of hydrogen-bond acceptors (Lipinski definition) is 4. The van der Waals surface area contributed by atoms with Gasteiger partial charge in [-0.1, -0.05) is 63.1 Å². The Balaban J connectivity index is 1.95. The van der Waals surface area contributed by atoms with Gasteiger partial charge in [0.25, 0.3) is 0 Å². The molecule has 28 heavy (non-hydrogen) atoms. The van der Waals surface area contributed by atoms with Gasteiger partial charge in [-0.25, -0.2) is 4.79 Å². The van der Waals surface area contributed by atoms with Crippen molar-refractivity contribution in [3.05, 3.63) is 53.6 Å². The zero-order valence-electron chi connectivity index (χ0n) is 16.9. The highest BCUT2D eigenvalue weighted by molar-refractivity contribution is 5.75. The minimum absolute atomic E-state index is 0.230. The number of hydrogen-bond donors (Lipinski definition) is 1. The Morgan fingerprint density at radius 3 is 2.46 bits per heavy atom. The van der Waals surface area contributed by atoms with Gasteiger partial charge in [0.1, 0.15) is 5.75 Å². The van der Waals surface area contributed by atoms with Crippen LogP contribution in [0.3, 0.4) is 0 Å². The number of carboxylic acid groups (broad SMARTS) is 1. The molecular weight excluding hydrogens is 356 g/mol. The molecule has 1 aliphatic carbocycles. The van der Waals surface area contributed by atoms with E-state index in [0.29, 0.717) is 18.6 Å². The van der Waals surface area contributed by atoms with Gasteiger partial charge in [-0.05, 0) is 43.4 Å². The molecule has 0 saturated carbocycles. The number of carbonyl (C=O) groups is 2. The summed E-state index contributed by atoms with van der Waals surface area (Å²) in [5.41, 5.74) is 1.90. The fourth-order valence-electron chi connectivity index (χ4n) is 3.65. The van der Waals surface area contributed by atoms with Gasteiger partial charge in [0.05, 0.1) is 12.5 Å². The number of carboxylic acids is 1. The highest BCUT2D eigenvalue weighted by Gasteiger charge is 2.39. The van der Waals surface area contributed by atoms with Gasteiger partial charge in [0.15, 0.2) is 0 Å².